The molecule has 0 spiro atoms. The Hall–Kier alpha value is -3.92. The monoisotopic (exact) mass is 494 g/mol. The van der Waals surface area contributed by atoms with Crippen LogP contribution in [0, 0.1) is 13.8 Å². The van der Waals surface area contributed by atoms with Gasteiger partial charge in [0.2, 0.25) is 15.0 Å². The van der Waals surface area contributed by atoms with Crippen LogP contribution in [-0.4, -0.2) is 30.0 Å². The summed E-state index contributed by atoms with van der Waals surface area (Å²) >= 11 is 0. The first-order valence-corrected chi connectivity index (χ1v) is 12.7. The van der Waals surface area contributed by atoms with Crippen molar-refractivity contribution in [3.05, 3.63) is 89.5 Å². The van der Waals surface area contributed by atoms with Crippen LogP contribution in [-0.2, 0) is 22.9 Å². The standard InChI is InChI=1S/C25H26N4O5S/c1-4-35(31,32)25-26-14-22(23(28-25)24(30)27-19-10-7-17(2)8-11-19)29(15-20-6-5-13-33-20)16-21-12-9-18(3)34-21/h5-14H,4,15-16H2,1-3H3,(H,27,30). The minimum absolute atomic E-state index is 0.0672. The number of nitrogens with one attached hydrogen (secondary N) is 1. The molecule has 1 aromatic carbocycles. The van der Waals surface area contributed by atoms with Gasteiger partial charge in [-0.05, 0) is 50.2 Å². The van der Waals surface area contributed by atoms with Crippen LogP contribution in [0.1, 0.15) is 40.3 Å². The number of hydrogen-bond donors (Lipinski definition) is 1. The molecule has 0 bridgehead atoms. The molecule has 1 amide bonds. The minimum atomic E-state index is -3.74. The van der Waals surface area contributed by atoms with Crippen molar-refractivity contribution >= 4 is 27.1 Å². The minimum Gasteiger partial charge on any atom is -0.467 e. The number of hydrogen-bond acceptors (Lipinski definition) is 8. The van der Waals surface area contributed by atoms with Gasteiger partial charge in [-0.15, -0.1) is 0 Å². The van der Waals surface area contributed by atoms with Crippen molar-refractivity contribution < 1.29 is 22.0 Å². The number of furan rings is 2. The van der Waals surface area contributed by atoms with E-state index in [1.165, 1.54) is 13.1 Å². The first-order valence-electron chi connectivity index (χ1n) is 11.1. The van der Waals surface area contributed by atoms with Gasteiger partial charge in [-0.25, -0.2) is 18.4 Å². The van der Waals surface area contributed by atoms with Gasteiger partial charge in [-0.3, -0.25) is 4.79 Å². The van der Waals surface area contributed by atoms with Crippen LogP contribution in [0.2, 0.25) is 0 Å². The van der Waals surface area contributed by atoms with Crippen molar-refractivity contribution in [3.8, 4) is 0 Å². The average molecular weight is 495 g/mol. The first-order chi connectivity index (χ1) is 16.7. The van der Waals surface area contributed by atoms with E-state index >= 15 is 0 Å². The van der Waals surface area contributed by atoms with Gasteiger partial charge in [-0.2, -0.15) is 0 Å². The van der Waals surface area contributed by atoms with E-state index in [2.05, 4.69) is 15.3 Å². The Balaban J connectivity index is 1.78. The second-order valence-electron chi connectivity index (χ2n) is 8.06. The predicted octanol–water partition coefficient (Wildman–Crippen LogP) is 4.53. The van der Waals surface area contributed by atoms with Gasteiger partial charge in [0.1, 0.15) is 17.3 Å². The average Bonchev–Trinajstić information content (AvgIpc) is 3.51. The first kappa shape index (κ1) is 24.2. The van der Waals surface area contributed by atoms with Gasteiger partial charge >= 0.3 is 0 Å². The largest absolute Gasteiger partial charge is 0.467 e. The lowest BCUT2D eigenvalue weighted by Crippen LogP contribution is -2.27. The van der Waals surface area contributed by atoms with E-state index in [-0.39, 0.29) is 24.5 Å². The molecule has 0 saturated carbocycles. The normalized spacial score (nSPS) is 11.4. The van der Waals surface area contributed by atoms with E-state index in [9.17, 15) is 13.2 Å². The second-order valence-corrected chi connectivity index (χ2v) is 10.2. The summed E-state index contributed by atoms with van der Waals surface area (Å²) in [6.45, 7) is 5.84. The summed E-state index contributed by atoms with van der Waals surface area (Å²) in [5.41, 5.74) is 1.88. The molecule has 35 heavy (non-hydrogen) atoms. The van der Waals surface area contributed by atoms with E-state index in [1.54, 1.807) is 24.5 Å². The molecular formula is C25H26N4O5S. The Morgan fingerprint density at radius 2 is 1.77 bits per heavy atom. The van der Waals surface area contributed by atoms with Crippen LogP contribution in [0.15, 0.2) is 75.0 Å². The van der Waals surface area contributed by atoms with Crippen molar-refractivity contribution in [1.29, 1.82) is 0 Å². The van der Waals surface area contributed by atoms with Crippen molar-refractivity contribution in [2.45, 2.75) is 39.0 Å². The van der Waals surface area contributed by atoms with Crippen LogP contribution in [0.25, 0.3) is 0 Å². The van der Waals surface area contributed by atoms with Gasteiger partial charge < -0.3 is 19.1 Å². The Labute approximate surface area is 203 Å². The fourth-order valence-electron chi connectivity index (χ4n) is 3.44. The lowest BCUT2D eigenvalue weighted by atomic mass is 10.2. The molecule has 4 rings (SSSR count). The maximum atomic E-state index is 13.4. The Bertz CT molecular complexity index is 1410. The highest BCUT2D eigenvalue weighted by molar-refractivity contribution is 7.91. The van der Waals surface area contributed by atoms with Gasteiger partial charge in [0.25, 0.3) is 5.91 Å². The Morgan fingerprint density at radius 3 is 2.40 bits per heavy atom. The highest BCUT2D eigenvalue weighted by Crippen LogP contribution is 2.26. The van der Waals surface area contributed by atoms with Gasteiger partial charge in [0.15, 0.2) is 5.69 Å². The number of sulfone groups is 1. The van der Waals surface area contributed by atoms with E-state index in [1.807, 2.05) is 49.1 Å². The Morgan fingerprint density at radius 1 is 1.03 bits per heavy atom. The molecule has 0 aliphatic carbocycles. The van der Waals surface area contributed by atoms with Crippen molar-refractivity contribution in [3.63, 3.8) is 0 Å². The molecule has 0 atom stereocenters. The Kier molecular flexibility index (Phi) is 7.02. The molecule has 1 N–H and O–H groups in total. The van der Waals surface area contributed by atoms with E-state index in [4.69, 9.17) is 8.83 Å². The van der Waals surface area contributed by atoms with Crippen molar-refractivity contribution in [2.75, 3.05) is 16.0 Å². The SMILES string of the molecule is CCS(=O)(=O)c1ncc(N(Cc2ccco2)Cc2ccc(C)o2)c(C(=O)Nc2ccc(C)cc2)n1. The zero-order valence-corrected chi connectivity index (χ0v) is 20.5. The number of nitrogens with zero attached hydrogens (tertiary/aromatic N) is 3. The lowest BCUT2D eigenvalue weighted by Gasteiger charge is -2.24. The summed E-state index contributed by atoms with van der Waals surface area (Å²) in [5, 5.41) is 2.41. The van der Waals surface area contributed by atoms with E-state index < -0.39 is 20.9 Å². The van der Waals surface area contributed by atoms with Gasteiger partial charge in [0, 0.05) is 5.69 Å². The molecule has 0 saturated heterocycles. The number of anilines is 2. The maximum absolute atomic E-state index is 13.4. The third-order valence-electron chi connectivity index (χ3n) is 5.34. The third-order valence-corrected chi connectivity index (χ3v) is 6.85. The number of amides is 1. The summed E-state index contributed by atoms with van der Waals surface area (Å²) in [6, 6.07) is 14.5. The van der Waals surface area contributed by atoms with Crippen LogP contribution < -0.4 is 10.2 Å². The number of benzene rings is 1. The number of aryl methyl sites for hydroxylation is 2. The topological polar surface area (TPSA) is 119 Å². The summed E-state index contributed by atoms with van der Waals surface area (Å²) in [4.78, 5) is 23.5. The van der Waals surface area contributed by atoms with E-state index in [0.29, 0.717) is 22.9 Å². The molecule has 0 fully saturated rings. The quantitative estimate of drug-likeness (QED) is 0.337. The summed E-state index contributed by atoms with van der Waals surface area (Å²) < 4.78 is 36.3. The van der Waals surface area contributed by atoms with E-state index in [0.717, 1.165) is 11.3 Å². The van der Waals surface area contributed by atoms with Gasteiger partial charge in [-0.1, -0.05) is 24.6 Å². The highest BCUT2D eigenvalue weighted by atomic mass is 32.2. The molecule has 0 radical (unpaired) electrons. The third kappa shape index (κ3) is 5.78. The fourth-order valence-corrected chi connectivity index (χ4v) is 4.14. The molecule has 0 aliphatic rings. The second kappa shape index (κ2) is 10.1. The molecule has 4 aromatic rings. The van der Waals surface area contributed by atoms with Crippen molar-refractivity contribution in [2.24, 2.45) is 0 Å². The summed E-state index contributed by atoms with van der Waals surface area (Å²) in [6.07, 6.45) is 2.92. The van der Waals surface area contributed by atoms with Crippen molar-refractivity contribution in [1.82, 2.24) is 9.97 Å². The molecule has 0 unspecified atom stereocenters. The summed E-state index contributed by atoms with van der Waals surface area (Å²) in [5.74, 6) is 1.30. The molecule has 3 heterocycles. The zero-order chi connectivity index (χ0) is 25.0. The fraction of sp³-hybridized carbons (Fsp3) is 0.240. The number of rotatable bonds is 9. The maximum Gasteiger partial charge on any atom is 0.276 e. The molecule has 3 aromatic heterocycles. The molecular weight excluding hydrogens is 468 g/mol. The highest BCUT2D eigenvalue weighted by Gasteiger charge is 2.25. The number of carbonyl (C=O) groups is 1. The zero-order valence-electron chi connectivity index (χ0n) is 19.7. The predicted molar refractivity (Wildman–Crippen MR) is 131 cm³/mol. The smallest absolute Gasteiger partial charge is 0.276 e. The van der Waals surface area contributed by atoms with Gasteiger partial charge in [0.05, 0.1) is 37.0 Å². The van der Waals surface area contributed by atoms with Crippen LogP contribution in [0.4, 0.5) is 11.4 Å². The molecule has 0 aliphatic heterocycles. The lowest BCUT2D eigenvalue weighted by molar-refractivity contribution is 0.102. The molecule has 9 nitrogen and oxygen atoms in total. The number of aromatic nitrogens is 2. The van der Waals surface area contributed by atoms with Crippen LogP contribution in [0.3, 0.4) is 0 Å². The molecule has 182 valence electrons. The van der Waals surface area contributed by atoms with Crippen LogP contribution in [0.5, 0.6) is 0 Å². The van der Waals surface area contributed by atoms with Crippen LogP contribution >= 0.6 is 0 Å². The summed E-state index contributed by atoms with van der Waals surface area (Å²) in [7, 11) is -3.74. The molecule has 10 heteroatoms. The number of carbonyl (C=O) groups excluding carboxylic acids is 1.